The van der Waals surface area contributed by atoms with Gasteiger partial charge in [0, 0.05) is 19.2 Å². The maximum absolute atomic E-state index is 11.6. The van der Waals surface area contributed by atoms with Crippen LogP contribution in [0.5, 0.6) is 11.5 Å². The van der Waals surface area contributed by atoms with E-state index < -0.39 is 0 Å². The van der Waals surface area contributed by atoms with Gasteiger partial charge in [-0.3, -0.25) is 4.79 Å². The van der Waals surface area contributed by atoms with Gasteiger partial charge in [0.1, 0.15) is 11.5 Å². The van der Waals surface area contributed by atoms with E-state index in [0.717, 1.165) is 30.3 Å². The first kappa shape index (κ1) is 12.7. The fraction of sp³-hybridized carbons (Fsp3) is 0.462. The molecule has 5 nitrogen and oxygen atoms in total. The van der Waals surface area contributed by atoms with E-state index in [0.29, 0.717) is 13.1 Å². The quantitative estimate of drug-likeness (QED) is 0.855. The molecule has 1 fully saturated rings. The summed E-state index contributed by atoms with van der Waals surface area (Å²) in [5.74, 6) is 1.66. The van der Waals surface area contributed by atoms with Gasteiger partial charge in [-0.2, -0.15) is 0 Å². The normalized spacial score (nSPS) is 16.3. The lowest BCUT2D eigenvalue weighted by molar-refractivity contribution is -0.116. The minimum atomic E-state index is 0.186. The molecule has 1 aliphatic rings. The number of hydrogen-bond donors (Lipinski definition) is 1. The maximum atomic E-state index is 11.6. The third-order valence-corrected chi connectivity index (χ3v) is 2.98. The molecule has 0 amide bonds. The summed E-state index contributed by atoms with van der Waals surface area (Å²) in [5, 5.41) is 3.10. The number of hydrogen-bond acceptors (Lipinski definition) is 5. The summed E-state index contributed by atoms with van der Waals surface area (Å²) in [7, 11) is 3.24. The van der Waals surface area contributed by atoms with Crippen molar-refractivity contribution in [2.45, 2.75) is 0 Å². The molecule has 2 rings (SSSR count). The number of benzene rings is 1. The van der Waals surface area contributed by atoms with Crippen LogP contribution in [0.3, 0.4) is 0 Å². The molecule has 1 aromatic rings. The van der Waals surface area contributed by atoms with Crippen LogP contribution in [-0.2, 0) is 4.79 Å². The first-order chi connectivity index (χ1) is 8.74. The molecule has 1 saturated heterocycles. The summed E-state index contributed by atoms with van der Waals surface area (Å²) in [5.41, 5.74) is 0.926. The zero-order chi connectivity index (χ0) is 13.0. The Bertz CT molecular complexity index is 434. The van der Waals surface area contributed by atoms with Crippen LogP contribution in [0.1, 0.15) is 0 Å². The van der Waals surface area contributed by atoms with Gasteiger partial charge >= 0.3 is 0 Å². The molecule has 0 bridgehead atoms. The number of anilines is 1. The van der Waals surface area contributed by atoms with Gasteiger partial charge in [-0.15, -0.1) is 0 Å². The molecule has 5 heteroatoms. The number of ether oxygens (including phenoxy) is 2. The van der Waals surface area contributed by atoms with Crippen LogP contribution in [0, 0.1) is 0 Å². The monoisotopic (exact) mass is 250 g/mol. The van der Waals surface area contributed by atoms with Crippen LogP contribution in [-0.4, -0.2) is 46.2 Å². The van der Waals surface area contributed by atoms with Crippen LogP contribution >= 0.6 is 0 Å². The Balaban J connectivity index is 2.27. The van der Waals surface area contributed by atoms with Crippen LogP contribution in [0.25, 0.3) is 0 Å². The molecule has 0 atom stereocenters. The number of ketones is 1. The van der Waals surface area contributed by atoms with E-state index in [-0.39, 0.29) is 5.78 Å². The van der Waals surface area contributed by atoms with E-state index in [9.17, 15) is 4.79 Å². The second-order valence-electron chi connectivity index (χ2n) is 4.17. The van der Waals surface area contributed by atoms with Gasteiger partial charge in [-0.05, 0) is 12.1 Å². The van der Waals surface area contributed by atoms with Crippen LogP contribution < -0.4 is 19.7 Å². The predicted molar refractivity (Wildman–Crippen MR) is 69.6 cm³/mol. The van der Waals surface area contributed by atoms with Crippen LogP contribution in [0.2, 0.25) is 0 Å². The number of Topliss-reactive ketones (excluding diaryl/α,β-unsaturated/α-hetero) is 1. The Hall–Kier alpha value is -1.75. The summed E-state index contributed by atoms with van der Waals surface area (Å²) in [6.07, 6.45) is 0. The topological polar surface area (TPSA) is 50.8 Å². The van der Waals surface area contributed by atoms with Crippen molar-refractivity contribution in [3.05, 3.63) is 18.2 Å². The standard InChI is InChI=1S/C13H18N2O3/c1-17-11-3-4-12(13(7-11)18-2)15-6-5-14-8-10(16)9-15/h3-4,7,14H,5-6,8-9H2,1-2H3. The van der Waals surface area contributed by atoms with Crippen molar-refractivity contribution in [2.75, 3.05) is 45.3 Å². The molecule has 0 saturated carbocycles. The van der Waals surface area contributed by atoms with Gasteiger partial charge in [0.05, 0.1) is 33.0 Å². The molecular weight excluding hydrogens is 232 g/mol. The number of carbonyl (C=O) groups excluding carboxylic acids is 1. The van der Waals surface area contributed by atoms with Gasteiger partial charge in [0.2, 0.25) is 0 Å². The Labute approximate surface area is 107 Å². The van der Waals surface area contributed by atoms with Gasteiger partial charge in [0.25, 0.3) is 0 Å². The minimum absolute atomic E-state index is 0.186. The van der Waals surface area contributed by atoms with Crippen molar-refractivity contribution < 1.29 is 14.3 Å². The van der Waals surface area contributed by atoms with Gasteiger partial charge in [-0.25, -0.2) is 0 Å². The molecule has 0 aromatic heterocycles. The average molecular weight is 250 g/mol. The Morgan fingerprint density at radius 3 is 2.83 bits per heavy atom. The van der Waals surface area contributed by atoms with Crippen molar-refractivity contribution in [2.24, 2.45) is 0 Å². The predicted octanol–water partition coefficient (Wildman–Crippen LogP) is 0.682. The van der Waals surface area contributed by atoms with Crippen molar-refractivity contribution in [1.29, 1.82) is 0 Å². The zero-order valence-electron chi connectivity index (χ0n) is 10.7. The highest BCUT2D eigenvalue weighted by Crippen LogP contribution is 2.32. The third-order valence-electron chi connectivity index (χ3n) is 2.98. The Kier molecular flexibility index (Phi) is 4.04. The first-order valence-electron chi connectivity index (χ1n) is 5.94. The highest BCUT2D eigenvalue weighted by atomic mass is 16.5. The van der Waals surface area contributed by atoms with Crippen molar-refractivity contribution in [1.82, 2.24) is 5.32 Å². The molecule has 0 unspecified atom stereocenters. The third kappa shape index (κ3) is 2.73. The minimum Gasteiger partial charge on any atom is -0.497 e. The summed E-state index contributed by atoms with van der Waals surface area (Å²) in [6, 6.07) is 5.63. The lowest BCUT2D eigenvalue weighted by atomic mass is 10.2. The zero-order valence-corrected chi connectivity index (χ0v) is 10.7. The van der Waals surface area contributed by atoms with Crippen molar-refractivity contribution in [3.8, 4) is 11.5 Å². The SMILES string of the molecule is COc1ccc(N2CCNCC(=O)C2)c(OC)c1. The van der Waals surface area contributed by atoms with Gasteiger partial charge < -0.3 is 19.7 Å². The first-order valence-corrected chi connectivity index (χ1v) is 5.94. The molecule has 0 spiro atoms. The number of nitrogens with one attached hydrogen (secondary N) is 1. The molecule has 98 valence electrons. The maximum Gasteiger partial charge on any atom is 0.165 e. The van der Waals surface area contributed by atoms with E-state index >= 15 is 0 Å². The smallest absolute Gasteiger partial charge is 0.165 e. The largest absolute Gasteiger partial charge is 0.497 e. The molecule has 0 aliphatic carbocycles. The fourth-order valence-corrected chi connectivity index (χ4v) is 2.04. The number of rotatable bonds is 3. The molecule has 1 aliphatic heterocycles. The molecule has 0 radical (unpaired) electrons. The number of nitrogens with zero attached hydrogens (tertiary/aromatic N) is 1. The highest BCUT2D eigenvalue weighted by Gasteiger charge is 2.18. The summed E-state index contributed by atoms with van der Waals surface area (Å²) >= 11 is 0. The molecule has 1 aromatic carbocycles. The molecule has 18 heavy (non-hydrogen) atoms. The molecular formula is C13H18N2O3. The van der Waals surface area contributed by atoms with Crippen molar-refractivity contribution >= 4 is 11.5 Å². The van der Waals surface area contributed by atoms with Gasteiger partial charge in [0.15, 0.2) is 5.78 Å². The molecule has 1 N–H and O–H groups in total. The fourth-order valence-electron chi connectivity index (χ4n) is 2.04. The second kappa shape index (κ2) is 5.73. The van der Waals surface area contributed by atoms with E-state index in [4.69, 9.17) is 9.47 Å². The molecule has 1 heterocycles. The van der Waals surface area contributed by atoms with E-state index in [1.807, 2.05) is 23.1 Å². The highest BCUT2D eigenvalue weighted by molar-refractivity contribution is 5.86. The summed E-state index contributed by atoms with van der Waals surface area (Å²) in [4.78, 5) is 13.6. The summed E-state index contributed by atoms with van der Waals surface area (Å²) < 4.78 is 10.5. The lowest BCUT2D eigenvalue weighted by Crippen LogP contribution is -2.30. The lowest BCUT2D eigenvalue weighted by Gasteiger charge is -2.24. The van der Waals surface area contributed by atoms with Crippen molar-refractivity contribution in [3.63, 3.8) is 0 Å². The number of methoxy groups -OCH3 is 2. The Morgan fingerprint density at radius 1 is 1.28 bits per heavy atom. The van der Waals surface area contributed by atoms with E-state index in [1.54, 1.807) is 14.2 Å². The van der Waals surface area contributed by atoms with E-state index in [2.05, 4.69) is 5.32 Å². The van der Waals surface area contributed by atoms with Crippen LogP contribution in [0.4, 0.5) is 5.69 Å². The second-order valence-corrected chi connectivity index (χ2v) is 4.17. The Morgan fingerprint density at radius 2 is 2.11 bits per heavy atom. The number of carbonyl (C=O) groups is 1. The average Bonchev–Trinajstić information content (AvgIpc) is 2.62. The van der Waals surface area contributed by atoms with Crippen LogP contribution in [0.15, 0.2) is 18.2 Å². The van der Waals surface area contributed by atoms with Gasteiger partial charge in [-0.1, -0.05) is 0 Å². The van der Waals surface area contributed by atoms with E-state index in [1.165, 1.54) is 0 Å². The summed E-state index contributed by atoms with van der Waals surface area (Å²) in [6.45, 7) is 2.43.